The van der Waals surface area contributed by atoms with Crippen molar-refractivity contribution >= 4 is 16.5 Å². The molecule has 19 heavy (non-hydrogen) atoms. The standard InChI is InChI=1S/C16H14N2O/c1-11-4-2-5-12(10-11)19-16-14-6-3-7-15(17)13(14)8-9-18-16/h2-10H,17H2,1H3. The number of rotatable bonds is 2. The van der Waals surface area contributed by atoms with Gasteiger partial charge in [-0.05, 0) is 42.8 Å². The van der Waals surface area contributed by atoms with Crippen LogP contribution in [0.25, 0.3) is 10.8 Å². The number of anilines is 1. The van der Waals surface area contributed by atoms with Gasteiger partial charge in [-0.1, -0.05) is 18.2 Å². The zero-order valence-corrected chi connectivity index (χ0v) is 10.6. The van der Waals surface area contributed by atoms with Crippen molar-refractivity contribution in [3.63, 3.8) is 0 Å². The molecular weight excluding hydrogens is 236 g/mol. The Balaban J connectivity index is 2.08. The number of nitrogen functional groups attached to an aromatic ring is 1. The number of pyridine rings is 1. The summed E-state index contributed by atoms with van der Waals surface area (Å²) < 4.78 is 5.86. The maximum atomic E-state index is 5.96. The van der Waals surface area contributed by atoms with Crippen molar-refractivity contribution in [1.82, 2.24) is 4.98 Å². The Morgan fingerprint density at radius 2 is 1.84 bits per heavy atom. The van der Waals surface area contributed by atoms with Crippen LogP contribution in [0.2, 0.25) is 0 Å². The first-order valence-electron chi connectivity index (χ1n) is 6.12. The fourth-order valence-corrected chi connectivity index (χ4v) is 2.08. The highest BCUT2D eigenvalue weighted by molar-refractivity contribution is 5.95. The predicted molar refractivity (Wildman–Crippen MR) is 77.4 cm³/mol. The molecule has 0 saturated carbocycles. The van der Waals surface area contributed by atoms with E-state index >= 15 is 0 Å². The van der Waals surface area contributed by atoms with Crippen LogP contribution >= 0.6 is 0 Å². The van der Waals surface area contributed by atoms with E-state index in [0.717, 1.165) is 27.8 Å². The normalized spacial score (nSPS) is 10.6. The third kappa shape index (κ3) is 2.22. The largest absolute Gasteiger partial charge is 0.438 e. The molecule has 0 spiro atoms. The van der Waals surface area contributed by atoms with Gasteiger partial charge in [0.05, 0.1) is 0 Å². The second-order valence-electron chi connectivity index (χ2n) is 4.48. The minimum atomic E-state index is 0.579. The molecule has 3 aromatic rings. The molecule has 94 valence electrons. The van der Waals surface area contributed by atoms with Crippen molar-refractivity contribution in [1.29, 1.82) is 0 Å². The van der Waals surface area contributed by atoms with Crippen LogP contribution in [0.1, 0.15) is 5.56 Å². The molecule has 0 atom stereocenters. The first kappa shape index (κ1) is 11.5. The molecule has 3 heteroatoms. The Kier molecular flexibility index (Phi) is 2.80. The lowest BCUT2D eigenvalue weighted by atomic mass is 10.1. The molecule has 1 heterocycles. The van der Waals surface area contributed by atoms with Crippen molar-refractivity contribution < 1.29 is 4.74 Å². The van der Waals surface area contributed by atoms with Gasteiger partial charge in [0, 0.05) is 22.7 Å². The quantitative estimate of drug-likeness (QED) is 0.701. The zero-order valence-electron chi connectivity index (χ0n) is 10.6. The minimum absolute atomic E-state index is 0.579. The first-order chi connectivity index (χ1) is 9.24. The highest BCUT2D eigenvalue weighted by Gasteiger charge is 2.06. The molecule has 0 bridgehead atoms. The fourth-order valence-electron chi connectivity index (χ4n) is 2.08. The average molecular weight is 250 g/mol. The number of benzene rings is 2. The van der Waals surface area contributed by atoms with E-state index in [1.165, 1.54) is 0 Å². The molecule has 2 N–H and O–H groups in total. The molecule has 0 aliphatic rings. The van der Waals surface area contributed by atoms with Gasteiger partial charge in [-0.25, -0.2) is 4.98 Å². The summed E-state index contributed by atoms with van der Waals surface area (Å²) in [6.07, 6.45) is 1.71. The van der Waals surface area contributed by atoms with E-state index in [2.05, 4.69) is 4.98 Å². The SMILES string of the molecule is Cc1cccc(Oc2nccc3c(N)cccc23)c1. The van der Waals surface area contributed by atoms with Crippen LogP contribution in [-0.2, 0) is 0 Å². The monoisotopic (exact) mass is 250 g/mol. The predicted octanol–water partition coefficient (Wildman–Crippen LogP) is 3.92. The highest BCUT2D eigenvalue weighted by Crippen LogP contribution is 2.30. The Bertz CT molecular complexity index is 738. The van der Waals surface area contributed by atoms with Gasteiger partial charge in [-0.15, -0.1) is 0 Å². The number of fused-ring (bicyclic) bond motifs is 1. The van der Waals surface area contributed by atoms with E-state index in [9.17, 15) is 0 Å². The van der Waals surface area contributed by atoms with Crippen LogP contribution in [0.4, 0.5) is 5.69 Å². The van der Waals surface area contributed by atoms with E-state index in [-0.39, 0.29) is 0 Å². The van der Waals surface area contributed by atoms with Crippen LogP contribution in [-0.4, -0.2) is 4.98 Å². The molecule has 0 aliphatic heterocycles. The molecule has 0 amide bonds. The molecule has 2 aromatic carbocycles. The molecule has 0 unspecified atom stereocenters. The van der Waals surface area contributed by atoms with Gasteiger partial charge in [0.2, 0.25) is 5.88 Å². The summed E-state index contributed by atoms with van der Waals surface area (Å²) >= 11 is 0. The number of ether oxygens (including phenoxy) is 1. The van der Waals surface area contributed by atoms with Gasteiger partial charge in [-0.3, -0.25) is 0 Å². The van der Waals surface area contributed by atoms with Crippen LogP contribution in [0.3, 0.4) is 0 Å². The highest BCUT2D eigenvalue weighted by atomic mass is 16.5. The molecule has 3 nitrogen and oxygen atoms in total. The third-order valence-corrected chi connectivity index (χ3v) is 3.01. The van der Waals surface area contributed by atoms with E-state index < -0.39 is 0 Å². The lowest BCUT2D eigenvalue weighted by molar-refractivity contribution is 0.469. The summed E-state index contributed by atoms with van der Waals surface area (Å²) in [5.41, 5.74) is 7.84. The smallest absolute Gasteiger partial charge is 0.227 e. The van der Waals surface area contributed by atoms with Gasteiger partial charge in [0.1, 0.15) is 5.75 Å². The molecule has 1 aromatic heterocycles. The Morgan fingerprint density at radius 1 is 1.00 bits per heavy atom. The summed E-state index contributed by atoms with van der Waals surface area (Å²) in [5, 5.41) is 1.88. The van der Waals surface area contributed by atoms with Gasteiger partial charge < -0.3 is 10.5 Å². The summed E-state index contributed by atoms with van der Waals surface area (Å²) in [6.45, 7) is 2.03. The number of aromatic nitrogens is 1. The minimum Gasteiger partial charge on any atom is -0.438 e. The van der Waals surface area contributed by atoms with Gasteiger partial charge in [0.15, 0.2) is 0 Å². The third-order valence-electron chi connectivity index (χ3n) is 3.01. The maximum absolute atomic E-state index is 5.96. The van der Waals surface area contributed by atoms with Crippen LogP contribution < -0.4 is 10.5 Å². The summed E-state index contributed by atoms with van der Waals surface area (Å²) in [4.78, 5) is 4.30. The van der Waals surface area contributed by atoms with Gasteiger partial charge >= 0.3 is 0 Å². The number of hydrogen-bond acceptors (Lipinski definition) is 3. The number of hydrogen-bond donors (Lipinski definition) is 1. The number of nitrogens with zero attached hydrogens (tertiary/aromatic N) is 1. The van der Waals surface area contributed by atoms with Gasteiger partial charge in [-0.2, -0.15) is 0 Å². The Labute approximate surface area is 111 Å². The van der Waals surface area contributed by atoms with Crippen molar-refractivity contribution in [3.8, 4) is 11.6 Å². The van der Waals surface area contributed by atoms with Crippen molar-refractivity contribution in [3.05, 3.63) is 60.3 Å². The zero-order chi connectivity index (χ0) is 13.2. The van der Waals surface area contributed by atoms with Crippen LogP contribution in [0.15, 0.2) is 54.7 Å². The van der Waals surface area contributed by atoms with E-state index in [4.69, 9.17) is 10.5 Å². The van der Waals surface area contributed by atoms with Crippen LogP contribution in [0, 0.1) is 6.92 Å². The van der Waals surface area contributed by atoms with Gasteiger partial charge in [0.25, 0.3) is 0 Å². The Morgan fingerprint density at radius 3 is 2.68 bits per heavy atom. The molecular formula is C16H14N2O. The average Bonchev–Trinajstić information content (AvgIpc) is 2.40. The lowest BCUT2D eigenvalue weighted by Gasteiger charge is -2.09. The molecule has 0 fully saturated rings. The van der Waals surface area contributed by atoms with Crippen molar-refractivity contribution in [2.75, 3.05) is 5.73 Å². The van der Waals surface area contributed by atoms with E-state index in [1.807, 2.05) is 55.5 Å². The molecule has 3 rings (SSSR count). The topological polar surface area (TPSA) is 48.1 Å². The van der Waals surface area contributed by atoms with Crippen molar-refractivity contribution in [2.45, 2.75) is 6.92 Å². The second kappa shape index (κ2) is 4.61. The summed E-state index contributed by atoms with van der Waals surface area (Å²) in [7, 11) is 0. The Hall–Kier alpha value is -2.55. The maximum Gasteiger partial charge on any atom is 0.227 e. The first-order valence-corrected chi connectivity index (χ1v) is 6.12. The number of nitrogens with two attached hydrogens (primary N) is 1. The number of aryl methyl sites for hydroxylation is 1. The molecule has 0 aliphatic carbocycles. The van der Waals surface area contributed by atoms with E-state index in [0.29, 0.717) is 5.88 Å². The second-order valence-corrected chi connectivity index (χ2v) is 4.48. The summed E-state index contributed by atoms with van der Waals surface area (Å²) in [5.74, 6) is 1.36. The van der Waals surface area contributed by atoms with Crippen LogP contribution in [0.5, 0.6) is 11.6 Å². The molecule has 0 radical (unpaired) electrons. The molecule has 0 saturated heterocycles. The summed E-state index contributed by atoms with van der Waals surface area (Å²) in [6, 6.07) is 15.5. The van der Waals surface area contributed by atoms with E-state index in [1.54, 1.807) is 6.20 Å². The fraction of sp³-hybridized carbons (Fsp3) is 0.0625. The van der Waals surface area contributed by atoms with Crippen molar-refractivity contribution in [2.24, 2.45) is 0 Å². The lowest BCUT2D eigenvalue weighted by Crippen LogP contribution is -1.92.